The van der Waals surface area contributed by atoms with Gasteiger partial charge in [-0.2, -0.15) is 0 Å². The maximum Gasteiger partial charge on any atom is 0.263 e. The summed E-state index contributed by atoms with van der Waals surface area (Å²) in [7, 11) is 0. The topological polar surface area (TPSA) is 67.4 Å². The van der Waals surface area contributed by atoms with Crippen molar-refractivity contribution in [2.45, 2.75) is 33.6 Å². The van der Waals surface area contributed by atoms with Crippen LogP contribution in [0.4, 0.5) is 11.5 Å². The van der Waals surface area contributed by atoms with Gasteiger partial charge in [0, 0.05) is 31.2 Å². The van der Waals surface area contributed by atoms with Crippen molar-refractivity contribution >= 4 is 17.4 Å². The molecule has 0 aliphatic carbocycles. The molecule has 1 N–H and O–H groups in total. The molecule has 1 unspecified atom stereocenters. The van der Waals surface area contributed by atoms with Gasteiger partial charge in [-0.15, -0.1) is 0 Å². The summed E-state index contributed by atoms with van der Waals surface area (Å²) in [4.78, 5) is 24.0. The minimum atomic E-state index is -0.121. The molecule has 1 saturated heterocycles. The molecule has 1 aromatic heterocycles. The highest BCUT2D eigenvalue weighted by Gasteiger charge is 2.28. The predicted octanol–water partition coefficient (Wildman–Crippen LogP) is 5.05. The Morgan fingerprint density at radius 3 is 2.45 bits per heavy atom. The number of benzene rings is 2. The van der Waals surface area contributed by atoms with Gasteiger partial charge in [-0.3, -0.25) is 4.79 Å². The van der Waals surface area contributed by atoms with Gasteiger partial charge < -0.3 is 15.0 Å². The molecule has 0 spiro atoms. The van der Waals surface area contributed by atoms with Crippen LogP contribution in [0.5, 0.6) is 11.6 Å². The first-order valence-corrected chi connectivity index (χ1v) is 10.7. The fourth-order valence-corrected chi connectivity index (χ4v) is 4.00. The maximum absolute atomic E-state index is 13.0. The van der Waals surface area contributed by atoms with Gasteiger partial charge in [-0.1, -0.05) is 23.8 Å². The molecule has 1 amide bonds. The van der Waals surface area contributed by atoms with E-state index in [9.17, 15) is 4.79 Å². The highest BCUT2D eigenvalue weighted by Crippen LogP contribution is 2.31. The average Bonchev–Trinajstić information content (AvgIpc) is 2.75. The molecule has 0 bridgehead atoms. The molecular weight excluding hydrogens is 388 g/mol. The van der Waals surface area contributed by atoms with E-state index < -0.39 is 0 Å². The Balaban J connectivity index is 1.48. The van der Waals surface area contributed by atoms with Gasteiger partial charge in [0.2, 0.25) is 5.91 Å². The first-order chi connectivity index (χ1) is 15.0. The Labute approximate surface area is 183 Å². The van der Waals surface area contributed by atoms with Crippen LogP contribution in [0, 0.1) is 26.7 Å². The number of carbonyl (C=O) groups is 1. The molecule has 1 aliphatic rings. The van der Waals surface area contributed by atoms with E-state index in [0.717, 1.165) is 36.2 Å². The highest BCUT2D eigenvalue weighted by atomic mass is 16.5. The van der Waals surface area contributed by atoms with Gasteiger partial charge in [-0.05, 0) is 69.0 Å². The molecule has 6 nitrogen and oxygen atoms in total. The molecule has 3 aromatic rings. The number of amides is 1. The van der Waals surface area contributed by atoms with E-state index in [1.807, 2.05) is 57.2 Å². The summed E-state index contributed by atoms with van der Waals surface area (Å²) in [6.07, 6.45) is 5.05. The number of piperidine rings is 1. The van der Waals surface area contributed by atoms with Crippen molar-refractivity contribution in [2.24, 2.45) is 5.92 Å². The second-order valence-electron chi connectivity index (χ2n) is 8.25. The number of ether oxygens (including phenoxy) is 1. The third kappa shape index (κ3) is 5.20. The molecule has 1 fully saturated rings. The molecule has 31 heavy (non-hydrogen) atoms. The fraction of sp³-hybridized carbons (Fsp3) is 0.320. The number of aromatic nitrogens is 2. The van der Waals surface area contributed by atoms with E-state index in [-0.39, 0.29) is 11.8 Å². The lowest BCUT2D eigenvalue weighted by atomic mass is 9.97. The highest BCUT2D eigenvalue weighted by molar-refractivity contribution is 5.93. The molecule has 160 valence electrons. The quantitative estimate of drug-likeness (QED) is 0.630. The molecule has 4 rings (SSSR count). The zero-order chi connectivity index (χ0) is 21.8. The van der Waals surface area contributed by atoms with Gasteiger partial charge in [-0.25, -0.2) is 9.97 Å². The van der Waals surface area contributed by atoms with E-state index in [4.69, 9.17) is 4.74 Å². The largest absolute Gasteiger partial charge is 0.436 e. The molecule has 2 aromatic carbocycles. The Kier molecular flexibility index (Phi) is 6.16. The Bertz CT molecular complexity index is 1050. The average molecular weight is 417 g/mol. The minimum absolute atomic E-state index is 0.0413. The Morgan fingerprint density at radius 2 is 1.71 bits per heavy atom. The van der Waals surface area contributed by atoms with Crippen LogP contribution in [0.2, 0.25) is 0 Å². The third-order valence-corrected chi connectivity index (χ3v) is 5.46. The monoisotopic (exact) mass is 416 g/mol. The fourth-order valence-electron chi connectivity index (χ4n) is 4.00. The minimum Gasteiger partial charge on any atom is -0.436 e. The van der Waals surface area contributed by atoms with Crippen molar-refractivity contribution in [3.05, 3.63) is 71.5 Å². The number of nitrogens with zero attached hydrogens (tertiary/aromatic N) is 3. The van der Waals surface area contributed by atoms with Crippen LogP contribution in [0.15, 0.2) is 54.9 Å². The zero-order valence-corrected chi connectivity index (χ0v) is 18.3. The van der Waals surface area contributed by atoms with E-state index >= 15 is 0 Å². The lowest BCUT2D eigenvalue weighted by molar-refractivity contribution is -0.120. The van der Waals surface area contributed by atoms with E-state index in [1.54, 1.807) is 12.4 Å². The third-order valence-electron chi connectivity index (χ3n) is 5.46. The standard InChI is InChI=1S/C25H28N4O2/c1-17-6-8-22(9-7-17)31-25-23(26-10-11-27-25)29-12-4-5-20(16-29)24(30)28-21-14-18(2)13-19(3)15-21/h6-11,13-15,20H,4-5,12,16H2,1-3H3,(H,28,30). The van der Waals surface area contributed by atoms with Gasteiger partial charge in [0.1, 0.15) is 5.75 Å². The number of hydrogen-bond acceptors (Lipinski definition) is 5. The van der Waals surface area contributed by atoms with E-state index in [0.29, 0.717) is 24.0 Å². The normalized spacial score (nSPS) is 16.1. The van der Waals surface area contributed by atoms with Crippen LogP contribution in [0.3, 0.4) is 0 Å². The summed E-state index contributed by atoms with van der Waals surface area (Å²) in [6.45, 7) is 7.51. The van der Waals surface area contributed by atoms with Crippen LogP contribution in [-0.4, -0.2) is 29.0 Å². The molecule has 0 saturated carbocycles. The van der Waals surface area contributed by atoms with Gasteiger partial charge >= 0.3 is 0 Å². The number of rotatable bonds is 5. The second-order valence-corrected chi connectivity index (χ2v) is 8.25. The molecule has 1 aliphatic heterocycles. The van der Waals surface area contributed by atoms with Crippen molar-refractivity contribution in [3.63, 3.8) is 0 Å². The second kappa shape index (κ2) is 9.16. The van der Waals surface area contributed by atoms with Crippen LogP contribution >= 0.6 is 0 Å². The summed E-state index contributed by atoms with van der Waals surface area (Å²) in [5.41, 5.74) is 4.29. The van der Waals surface area contributed by atoms with Gasteiger partial charge in [0.05, 0.1) is 5.92 Å². The summed E-state index contributed by atoms with van der Waals surface area (Å²) in [5.74, 6) is 1.77. The molecule has 1 atom stereocenters. The number of hydrogen-bond donors (Lipinski definition) is 1. The molecular formula is C25H28N4O2. The molecule has 6 heteroatoms. The number of nitrogens with one attached hydrogen (secondary N) is 1. The van der Waals surface area contributed by atoms with Crippen LogP contribution in [0.1, 0.15) is 29.5 Å². The zero-order valence-electron chi connectivity index (χ0n) is 18.3. The number of aryl methyl sites for hydroxylation is 3. The van der Waals surface area contributed by atoms with E-state index in [1.165, 1.54) is 5.56 Å². The predicted molar refractivity (Wildman–Crippen MR) is 123 cm³/mol. The smallest absolute Gasteiger partial charge is 0.263 e. The van der Waals surface area contributed by atoms with Crippen LogP contribution < -0.4 is 15.0 Å². The lowest BCUT2D eigenvalue weighted by Gasteiger charge is -2.33. The van der Waals surface area contributed by atoms with Crippen LogP contribution in [0.25, 0.3) is 0 Å². The first kappa shape index (κ1) is 20.8. The molecule has 2 heterocycles. The van der Waals surface area contributed by atoms with E-state index in [2.05, 4.69) is 26.3 Å². The lowest BCUT2D eigenvalue weighted by Crippen LogP contribution is -2.41. The first-order valence-electron chi connectivity index (χ1n) is 10.7. The summed E-state index contributed by atoms with van der Waals surface area (Å²) < 4.78 is 6.02. The Hall–Kier alpha value is -3.41. The maximum atomic E-state index is 13.0. The van der Waals surface area contributed by atoms with Gasteiger partial charge in [0.25, 0.3) is 5.88 Å². The number of anilines is 2. The van der Waals surface area contributed by atoms with Gasteiger partial charge in [0.15, 0.2) is 5.82 Å². The summed E-state index contributed by atoms with van der Waals surface area (Å²) in [5, 5.41) is 3.09. The van der Waals surface area contributed by atoms with Crippen LogP contribution in [-0.2, 0) is 4.79 Å². The Morgan fingerprint density at radius 1 is 1.00 bits per heavy atom. The SMILES string of the molecule is Cc1ccc(Oc2nccnc2N2CCCC(C(=O)Nc3cc(C)cc(C)c3)C2)cc1. The summed E-state index contributed by atoms with van der Waals surface area (Å²) >= 11 is 0. The van der Waals surface area contributed by atoms with Crippen molar-refractivity contribution in [1.29, 1.82) is 0 Å². The summed E-state index contributed by atoms with van der Waals surface area (Å²) in [6, 6.07) is 13.9. The number of carbonyl (C=O) groups excluding carboxylic acids is 1. The van der Waals surface area contributed by atoms with Crippen molar-refractivity contribution in [2.75, 3.05) is 23.3 Å². The molecule has 0 radical (unpaired) electrons. The van der Waals surface area contributed by atoms with Crippen molar-refractivity contribution in [1.82, 2.24) is 9.97 Å². The van der Waals surface area contributed by atoms with Crippen molar-refractivity contribution in [3.8, 4) is 11.6 Å². The van der Waals surface area contributed by atoms with Crippen molar-refractivity contribution < 1.29 is 9.53 Å².